The van der Waals surface area contributed by atoms with E-state index in [0.717, 1.165) is 55.4 Å². The van der Waals surface area contributed by atoms with Crippen LogP contribution in [0.1, 0.15) is 30.0 Å². The fraction of sp³-hybridized carbons (Fsp3) is 0.611. The number of aliphatic imine (C=N–C) groups is 1. The quantitative estimate of drug-likeness (QED) is 0.414. The third-order valence-corrected chi connectivity index (χ3v) is 4.21. The molecule has 1 heterocycles. The minimum absolute atomic E-state index is 0. The number of nitrogens with one attached hydrogen (secondary N) is 1. The van der Waals surface area contributed by atoms with Crippen LogP contribution in [-0.2, 0) is 11.3 Å². The molecule has 1 aromatic carbocycles. The van der Waals surface area contributed by atoms with Crippen molar-refractivity contribution in [3.8, 4) is 5.75 Å². The Kier molecular flexibility index (Phi) is 8.83. The average molecular weight is 447 g/mol. The highest BCUT2D eigenvalue weighted by Crippen LogP contribution is 2.23. The van der Waals surface area contributed by atoms with Crippen LogP contribution in [0.2, 0.25) is 0 Å². The highest BCUT2D eigenvalue weighted by atomic mass is 127. The van der Waals surface area contributed by atoms with Gasteiger partial charge in [0, 0.05) is 32.7 Å². The largest absolute Gasteiger partial charge is 0.507 e. The van der Waals surface area contributed by atoms with Crippen molar-refractivity contribution in [2.24, 2.45) is 10.9 Å². The summed E-state index contributed by atoms with van der Waals surface area (Å²) in [7, 11) is 2.08. The molecule has 1 unspecified atom stereocenters. The summed E-state index contributed by atoms with van der Waals surface area (Å²) in [6, 6.07) is 4.00. The Bertz CT molecular complexity index is 534. The van der Waals surface area contributed by atoms with Gasteiger partial charge in [-0.05, 0) is 43.9 Å². The molecule has 1 saturated heterocycles. The lowest BCUT2D eigenvalue weighted by atomic mass is 10.1. The number of phenolic OH excluding ortho intramolecular Hbond substituents is 1. The van der Waals surface area contributed by atoms with Crippen LogP contribution in [0.3, 0.4) is 0 Å². The fourth-order valence-corrected chi connectivity index (χ4v) is 2.97. The smallest absolute Gasteiger partial charge is 0.193 e. The molecule has 1 atom stereocenters. The molecule has 0 bridgehead atoms. The summed E-state index contributed by atoms with van der Waals surface area (Å²) in [4.78, 5) is 6.93. The van der Waals surface area contributed by atoms with Crippen LogP contribution >= 0.6 is 24.0 Å². The molecule has 24 heavy (non-hydrogen) atoms. The van der Waals surface area contributed by atoms with Gasteiger partial charge in [-0.25, -0.2) is 4.99 Å². The zero-order valence-corrected chi connectivity index (χ0v) is 17.5. The Labute approximate surface area is 162 Å². The van der Waals surface area contributed by atoms with E-state index in [2.05, 4.69) is 24.2 Å². The van der Waals surface area contributed by atoms with Gasteiger partial charge in [0.25, 0.3) is 0 Å². The van der Waals surface area contributed by atoms with Gasteiger partial charge >= 0.3 is 0 Å². The van der Waals surface area contributed by atoms with Crippen molar-refractivity contribution in [3.05, 3.63) is 28.8 Å². The molecule has 0 aliphatic carbocycles. The van der Waals surface area contributed by atoms with Crippen molar-refractivity contribution in [3.63, 3.8) is 0 Å². The molecule has 0 saturated carbocycles. The molecule has 0 amide bonds. The molecule has 0 aromatic heterocycles. The van der Waals surface area contributed by atoms with Crippen LogP contribution in [-0.4, -0.2) is 49.3 Å². The van der Waals surface area contributed by atoms with E-state index in [9.17, 15) is 5.11 Å². The van der Waals surface area contributed by atoms with Gasteiger partial charge in [-0.3, -0.25) is 0 Å². The highest BCUT2D eigenvalue weighted by molar-refractivity contribution is 14.0. The number of halogens is 1. The molecule has 136 valence electrons. The van der Waals surface area contributed by atoms with Crippen molar-refractivity contribution in [1.29, 1.82) is 0 Å². The number of nitrogens with zero attached hydrogens (tertiary/aromatic N) is 2. The second-order valence-electron chi connectivity index (χ2n) is 6.36. The molecule has 0 spiro atoms. The van der Waals surface area contributed by atoms with Crippen molar-refractivity contribution in [2.75, 3.05) is 33.4 Å². The van der Waals surface area contributed by atoms with Crippen molar-refractivity contribution >= 4 is 29.9 Å². The number of rotatable bonds is 5. The lowest BCUT2D eigenvalue weighted by Gasteiger charge is -2.24. The van der Waals surface area contributed by atoms with Gasteiger partial charge in [0.2, 0.25) is 0 Å². The first-order chi connectivity index (χ1) is 11.0. The lowest BCUT2D eigenvalue weighted by molar-refractivity contribution is 0.181. The van der Waals surface area contributed by atoms with Crippen LogP contribution in [0.25, 0.3) is 0 Å². The monoisotopic (exact) mass is 447 g/mol. The molecule has 1 fully saturated rings. The Morgan fingerprint density at radius 1 is 1.38 bits per heavy atom. The normalized spacial score (nSPS) is 17.5. The minimum atomic E-state index is 0. The maximum Gasteiger partial charge on any atom is 0.193 e. The number of guanidine groups is 1. The molecule has 5 nitrogen and oxygen atoms in total. The topological polar surface area (TPSA) is 57.1 Å². The number of aromatic hydroxyl groups is 1. The predicted octanol–water partition coefficient (Wildman–Crippen LogP) is 3.06. The Morgan fingerprint density at radius 2 is 2.04 bits per heavy atom. The van der Waals surface area contributed by atoms with Gasteiger partial charge in [-0.15, -0.1) is 24.0 Å². The van der Waals surface area contributed by atoms with E-state index in [1.54, 1.807) is 0 Å². The second-order valence-corrected chi connectivity index (χ2v) is 6.36. The number of phenols is 1. The summed E-state index contributed by atoms with van der Waals surface area (Å²) in [5.41, 5.74) is 2.92. The van der Waals surface area contributed by atoms with Gasteiger partial charge < -0.3 is 20.1 Å². The number of ether oxygens (including phenoxy) is 1. The number of hydrogen-bond acceptors (Lipinski definition) is 3. The number of benzene rings is 1. The van der Waals surface area contributed by atoms with E-state index in [1.165, 1.54) is 0 Å². The summed E-state index contributed by atoms with van der Waals surface area (Å²) in [5, 5.41) is 13.2. The standard InChI is InChI=1S/C18H29N3O2.HI/c1-5-19-18(21(4)11-15-6-7-23-12-15)20-10-16-8-13(2)17(22)14(3)9-16;/h8-9,15,22H,5-7,10-12H2,1-4H3,(H,19,20);1H. The minimum Gasteiger partial charge on any atom is -0.507 e. The SMILES string of the molecule is CCNC(=NCc1cc(C)c(O)c(C)c1)N(C)CC1CCOC1.I. The van der Waals surface area contributed by atoms with Crippen LogP contribution in [0.15, 0.2) is 17.1 Å². The maximum absolute atomic E-state index is 9.87. The Morgan fingerprint density at radius 3 is 2.58 bits per heavy atom. The first-order valence-electron chi connectivity index (χ1n) is 8.37. The summed E-state index contributed by atoms with van der Waals surface area (Å²) in [6.45, 7) is 10.1. The molecule has 1 aliphatic heterocycles. The van der Waals surface area contributed by atoms with Gasteiger partial charge in [-0.1, -0.05) is 12.1 Å². The highest BCUT2D eigenvalue weighted by Gasteiger charge is 2.19. The molecule has 1 aromatic rings. The number of aryl methyl sites for hydroxylation is 2. The van der Waals surface area contributed by atoms with Crippen LogP contribution < -0.4 is 5.32 Å². The predicted molar refractivity (Wildman–Crippen MR) is 109 cm³/mol. The molecule has 2 N–H and O–H groups in total. The van der Waals surface area contributed by atoms with Gasteiger partial charge in [-0.2, -0.15) is 0 Å². The van der Waals surface area contributed by atoms with E-state index < -0.39 is 0 Å². The van der Waals surface area contributed by atoms with Crippen molar-refractivity contribution in [1.82, 2.24) is 10.2 Å². The average Bonchev–Trinajstić information content (AvgIpc) is 3.01. The van der Waals surface area contributed by atoms with E-state index in [1.807, 2.05) is 26.0 Å². The third-order valence-electron chi connectivity index (χ3n) is 4.21. The Hall–Kier alpha value is -1.02. The molecule has 6 heteroatoms. The van der Waals surface area contributed by atoms with E-state index in [4.69, 9.17) is 9.73 Å². The third kappa shape index (κ3) is 5.81. The first kappa shape index (κ1) is 21.0. The Balaban J connectivity index is 0.00000288. The van der Waals surface area contributed by atoms with Gasteiger partial charge in [0.05, 0.1) is 13.2 Å². The number of hydrogen-bond donors (Lipinski definition) is 2. The molecule has 1 aliphatic rings. The van der Waals surface area contributed by atoms with E-state index in [0.29, 0.717) is 18.2 Å². The molecule has 0 radical (unpaired) electrons. The lowest BCUT2D eigenvalue weighted by Crippen LogP contribution is -2.41. The summed E-state index contributed by atoms with van der Waals surface area (Å²) in [6.07, 6.45) is 1.13. The molecular weight excluding hydrogens is 417 g/mol. The zero-order valence-electron chi connectivity index (χ0n) is 15.1. The van der Waals surface area contributed by atoms with Crippen LogP contribution in [0, 0.1) is 19.8 Å². The van der Waals surface area contributed by atoms with Crippen molar-refractivity contribution in [2.45, 2.75) is 33.7 Å². The maximum atomic E-state index is 9.87. The van der Waals surface area contributed by atoms with E-state index in [-0.39, 0.29) is 24.0 Å². The first-order valence-corrected chi connectivity index (χ1v) is 8.37. The summed E-state index contributed by atoms with van der Waals surface area (Å²) >= 11 is 0. The summed E-state index contributed by atoms with van der Waals surface area (Å²) < 4.78 is 5.45. The zero-order chi connectivity index (χ0) is 16.8. The summed E-state index contributed by atoms with van der Waals surface area (Å²) in [5.74, 6) is 1.88. The van der Waals surface area contributed by atoms with Gasteiger partial charge in [0.1, 0.15) is 5.75 Å². The van der Waals surface area contributed by atoms with Gasteiger partial charge in [0.15, 0.2) is 5.96 Å². The van der Waals surface area contributed by atoms with Crippen molar-refractivity contribution < 1.29 is 9.84 Å². The fourth-order valence-electron chi connectivity index (χ4n) is 2.97. The van der Waals surface area contributed by atoms with Crippen LogP contribution in [0.4, 0.5) is 0 Å². The molecular formula is C18H30IN3O2. The van der Waals surface area contributed by atoms with Crippen LogP contribution in [0.5, 0.6) is 5.75 Å². The van der Waals surface area contributed by atoms with E-state index >= 15 is 0 Å². The molecule has 2 rings (SSSR count). The second kappa shape index (κ2) is 10.1.